The summed E-state index contributed by atoms with van der Waals surface area (Å²) >= 11 is 3.56. The number of halogens is 1. The first-order valence-corrected chi connectivity index (χ1v) is 13.6. The van der Waals surface area contributed by atoms with E-state index in [4.69, 9.17) is 23.9 Å². The molecule has 0 saturated carbocycles. The Hall–Kier alpha value is -3.13. The SMILES string of the molecule is CC[C@@H](C)OC(=O)C1C(C)=NC2=C(C(=O)C[C@H](c3ccc(OC)c(OC)c3)C2)[C@H]1c1cc(Br)ccc1OC. The Balaban J connectivity index is 1.82. The fraction of sp³-hybridized carbons (Fsp3) is 0.433. The maximum absolute atomic E-state index is 13.9. The molecule has 1 unspecified atom stereocenters. The molecule has 2 aromatic carbocycles. The topological polar surface area (TPSA) is 83.4 Å². The van der Waals surface area contributed by atoms with Crippen LogP contribution in [0.25, 0.3) is 0 Å². The zero-order chi connectivity index (χ0) is 27.6. The molecule has 0 saturated heterocycles. The van der Waals surface area contributed by atoms with Crippen LogP contribution < -0.4 is 14.2 Å². The minimum Gasteiger partial charge on any atom is -0.496 e. The van der Waals surface area contributed by atoms with Crippen LogP contribution in [0.3, 0.4) is 0 Å². The van der Waals surface area contributed by atoms with E-state index >= 15 is 0 Å². The van der Waals surface area contributed by atoms with Crippen LogP contribution in [0.4, 0.5) is 0 Å². The summed E-state index contributed by atoms with van der Waals surface area (Å²) in [6.45, 7) is 5.68. The first kappa shape index (κ1) is 27.9. The highest BCUT2D eigenvalue weighted by atomic mass is 79.9. The highest BCUT2D eigenvalue weighted by molar-refractivity contribution is 9.10. The highest BCUT2D eigenvalue weighted by Crippen LogP contribution is 2.49. The summed E-state index contributed by atoms with van der Waals surface area (Å²) in [5, 5.41) is 0. The van der Waals surface area contributed by atoms with Crippen LogP contribution in [0.5, 0.6) is 17.2 Å². The molecule has 1 heterocycles. The lowest BCUT2D eigenvalue weighted by Gasteiger charge is -2.37. The Morgan fingerprint density at radius 2 is 1.71 bits per heavy atom. The Bertz CT molecular complexity index is 1300. The third-order valence-electron chi connectivity index (χ3n) is 7.44. The third kappa shape index (κ3) is 5.37. The number of methoxy groups -OCH3 is 3. The maximum Gasteiger partial charge on any atom is 0.315 e. The second-order valence-electron chi connectivity index (χ2n) is 9.75. The molecular weight excluding hydrogens is 550 g/mol. The van der Waals surface area contributed by atoms with Crippen LogP contribution in [0.1, 0.15) is 63.0 Å². The summed E-state index contributed by atoms with van der Waals surface area (Å²) in [7, 11) is 4.78. The Kier molecular flexibility index (Phi) is 8.61. The number of nitrogens with zero attached hydrogens (tertiary/aromatic N) is 1. The molecule has 4 rings (SSSR count). The van der Waals surface area contributed by atoms with Crippen molar-refractivity contribution in [2.24, 2.45) is 10.9 Å². The second-order valence-corrected chi connectivity index (χ2v) is 10.7. The summed E-state index contributed by atoms with van der Waals surface area (Å²) in [6, 6.07) is 11.4. The molecule has 2 aliphatic rings. The zero-order valence-corrected chi connectivity index (χ0v) is 24.3. The number of ether oxygens (including phenoxy) is 4. The number of ketones is 1. The number of hydrogen-bond donors (Lipinski definition) is 0. The number of aliphatic imine (C=N–C) groups is 1. The zero-order valence-electron chi connectivity index (χ0n) is 22.7. The van der Waals surface area contributed by atoms with Crippen LogP contribution in [0.2, 0.25) is 0 Å². The fourth-order valence-electron chi connectivity index (χ4n) is 5.35. The molecule has 0 amide bonds. The van der Waals surface area contributed by atoms with Gasteiger partial charge in [-0.25, -0.2) is 0 Å². The van der Waals surface area contributed by atoms with Gasteiger partial charge < -0.3 is 18.9 Å². The van der Waals surface area contributed by atoms with Crippen molar-refractivity contribution >= 4 is 33.4 Å². The van der Waals surface area contributed by atoms with E-state index in [-0.39, 0.29) is 23.8 Å². The molecule has 4 atom stereocenters. The van der Waals surface area contributed by atoms with Gasteiger partial charge in [0.15, 0.2) is 17.3 Å². The fourth-order valence-corrected chi connectivity index (χ4v) is 5.73. The molecular formula is C30H34BrNO6. The molecule has 0 bridgehead atoms. The lowest BCUT2D eigenvalue weighted by atomic mass is 9.69. The average Bonchev–Trinajstić information content (AvgIpc) is 2.91. The molecule has 0 fully saturated rings. The van der Waals surface area contributed by atoms with E-state index in [0.717, 1.165) is 15.6 Å². The molecule has 2 aromatic rings. The minimum atomic E-state index is -0.729. The van der Waals surface area contributed by atoms with Crippen molar-refractivity contribution in [2.45, 2.75) is 58.0 Å². The van der Waals surface area contributed by atoms with Crippen molar-refractivity contribution < 1.29 is 28.5 Å². The van der Waals surface area contributed by atoms with Crippen LogP contribution in [-0.4, -0.2) is 44.9 Å². The van der Waals surface area contributed by atoms with E-state index in [1.165, 1.54) is 0 Å². The van der Waals surface area contributed by atoms with Crippen molar-refractivity contribution in [3.8, 4) is 17.2 Å². The molecule has 0 aromatic heterocycles. The number of carbonyl (C=O) groups is 2. The van der Waals surface area contributed by atoms with Gasteiger partial charge in [-0.3, -0.25) is 14.6 Å². The molecule has 0 radical (unpaired) electrons. The monoisotopic (exact) mass is 583 g/mol. The van der Waals surface area contributed by atoms with Gasteiger partial charge in [0.1, 0.15) is 11.7 Å². The number of esters is 1. The van der Waals surface area contributed by atoms with Gasteiger partial charge >= 0.3 is 5.97 Å². The van der Waals surface area contributed by atoms with Gasteiger partial charge in [-0.05, 0) is 68.5 Å². The normalized spacial score (nSPS) is 21.8. The van der Waals surface area contributed by atoms with E-state index in [9.17, 15) is 9.59 Å². The quantitative estimate of drug-likeness (QED) is 0.335. The smallest absolute Gasteiger partial charge is 0.315 e. The van der Waals surface area contributed by atoms with Crippen molar-refractivity contribution in [3.05, 3.63) is 63.3 Å². The number of benzene rings is 2. The number of hydrogen-bond acceptors (Lipinski definition) is 7. The van der Waals surface area contributed by atoms with Crippen LogP contribution in [0.15, 0.2) is 57.1 Å². The van der Waals surface area contributed by atoms with E-state index in [1.54, 1.807) is 21.3 Å². The van der Waals surface area contributed by atoms with E-state index in [1.807, 2.05) is 57.2 Å². The summed E-state index contributed by atoms with van der Waals surface area (Å²) < 4.78 is 23.2. The standard InChI is InChI=1S/C30H34BrNO6/c1-7-16(2)38-30(34)27-17(3)32-22-12-19(18-8-10-25(36-5)26(14-18)37-6)13-23(33)29(22)28(27)21-15-20(31)9-11-24(21)35-4/h8-11,14-16,19,27-28H,7,12-13H2,1-6H3/t16-,19-,27?,28+/m1/s1. The van der Waals surface area contributed by atoms with Gasteiger partial charge in [0.2, 0.25) is 0 Å². The average molecular weight is 585 g/mol. The third-order valence-corrected chi connectivity index (χ3v) is 7.93. The summed E-state index contributed by atoms with van der Waals surface area (Å²) in [5.74, 6) is 0.0733. The highest BCUT2D eigenvalue weighted by Gasteiger charge is 2.46. The number of carbonyl (C=O) groups excluding carboxylic acids is 2. The molecule has 7 nitrogen and oxygen atoms in total. The molecule has 38 heavy (non-hydrogen) atoms. The first-order chi connectivity index (χ1) is 18.2. The van der Waals surface area contributed by atoms with Crippen LogP contribution >= 0.6 is 15.9 Å². The van der Waals surface area contributed by atoms with Crippen molar-refractivity contribution in [3.63, 3.8) is 0 Å². The molecule has 1 aliphatic carbocycles. The van der Waals surface area contributed by atoms with Gasteiger partial charge in [-0.2, -0.15) is 0 Å². The second kappa shape index (κ2) is 11.7. The molecule has 0 N–H and O–H groups in total. The Morgan fingerprint density at radius 3 is 2.37 bits per heavy atom. The van der Waals surface area contributed by atoms with E-state index in [0.29, 0.717) is 53.5 Å². The molecule has 1 aliphatic heterocycles. The van der Waals surface area contributed by atoms with Crippen molar-refractivity contribution in [2.75, 3.05) is 21.3 Å². The van der Waals surface area contributed by atoms with E-state index < -0.39 is 11.8 Å². The molecule has 202 valence electrons. The maximum atomic E-state index is 13.9. The number of Topliss-reactive ketones (excluding diaryl/α,β-unsaturated/α-hetero) is 1. The largest absolute Gasteiger partial charge is 0.496 e. The van der Waals surface area contributed by atoms with Gasteiger partial charge in [-0.15, -0.1) is 0 Å². The Morgan fingerprint density at radius 1 is 1.03 bits per heavy atom. The predicted molar refractivity (Wildman–Crippen MR) is 149 cm³/mol. The van der Waals surface area contributed by atoms with Crippen molar-refractivity contribution in [1.82, 2.24) is 0 Å². The minimum absolute atomic E-state index is 0.0318. The summed E-state index contributed by atoms with van der Waals surface area (Å²) in [6.07, 6.45) is 1.31. The first-order valence-electron chi connectivity index (χ1n) is 12.8. The number of rotatable bonds is 8. The lowest BCUT2D eigenvalue weighted by molar-refractivity contribution is -0.151. The predicted octanol–water partition coefficient (Wildman–Crippen LogP) is 6.39. The van der Waals surface area contributed by atoms with Crippen LogP contribution in [-0.2, 0) is 14.3 Å². The van der Waals surface area contributed by atoms with Gasteiger partial charge in [-0.1, -0.05) is 28.9 Å². The van der Waals surface area contributed by atoms with Gasteiger partial charge in [0.25, 0.3) is 0 Å². The molecule has 8 heteroatoms. The van der Waals surface area contributed by atoms with Gasteiger partial charge in [0.05, 0.1) is 27.4 Å². The van der Waals surface area contributed by atoms with Crippen LogP contribution in [0, 0.1) is 5.92 Å². The van der Waals surface area contributed by atoms with Gasteiger partial charge in [0, 0.05) is 39.4 Å². The summed E-state index contributed by atoms with van der Waals surface area (Å²) in [5.41, 5.74) is 3.63. The van der Waals surface area contributed by atoms with Crippen molar-refractivity contribution in [1.29, 1.82) is 0 Å². The summed E-state index contributed by atoms with van der Waals surface area (Å²) in [4.78, 5) is 32.3. The number of allylic oxidation sites excluding steroid dienone is 2. The van der Waals surface area contributed by atoms with E-state index in [2.05, 4.69) is 15.9 Å². The molecule has 0 spiro atoms. The lowest BCUT2D eigenvalue weighted by Crippen LogP contribution is -2.39. The Labute approximate surface area is 232 Å².